The lowest BCUT2D eigenvalue weighted by Gasteiger charge is -2.14. The quantitative estimate of drug-likeness (QED) is 0.767. The van der Waals surface area contributed by atoms with Crippen LogP contribution in [0, 0.1) is 11.7 Å². The van der Waals surface area contributed by atoms with E-state index in [1.165, 1.54) is 7.11 Å². The standard InChI is InChI=1S/C15H19FO2/c1-18-14-8-4-6-12(15(14)16)9-11-5-2-3-7-13(17)10-11/h4,6,8,11H,2-3,5,7,9-10H2,1H3. The second kappa shape index (κ2) is 5.98. The molecule has 1 fully saturated rings. The highest BCUT2D eigenvalue weighted by atomic mass is 19.1. The number of carbonyl (C=O) groups excluding carboxylic acids is 1. The van der Waals surface area contributed by atoms with Gasteiger partial charge in [-0.25, -0.2) is 4.39 Å². The first-order valence-corrected chi connectivity index (χ1v) is 6.53. The highest BCUT2D eigenvalue weighted by Crippen LogP contribution is 2.27. The van der Waals surface area contributed by atoms with Crippen molar-refractivity contribution in [2.24, 2.45) is 5.92 Å². The summed E-state index contributed by atoms with van der Waals surface area (Å²) < 4.78 is 19.0. The average Bonchev–Trinajstić information content (AvgIpc) is 2.56. The van der Waals surface area contributed by atoms with Crippen LogP contribution in [0.25, 0.3) is 0 Å². The Hall–Kier alpha value is -1.38. The smallest absolute Gasteiger partial charge is 0.168 e. The van der Waals surface area contributed by atoms with Crippen LogP contribution in [0.4, 0.5) is 4.39 Å². The fourth-order valence-electron chi connectivity index (χ4n) is 2.64. The van der Waals surface area contributed by atoms with Gasteiger partial charge >= 0.3 is 0 Å². The van der Waals surface area contributed by atoms with Gasteiger partial charge in [-0.3, -0.25) is 4.79 Å². The predicted molar refractivity (Wildman–Crippen MR) is 68.2 cm³/mol. The molecule has 1 unspecified atom stereocenters. The SMILES string of the molecule is COc1cccc(CC2CCCCC(=O)C2)c1F. The van der Waals surface area contributed by atoms with Crippen LogP contribution in [-0.4, -0.2) is 12.9 Å². The van der Waals surface area contributed by atoms with E-state index in [0.717, 1.165) is 19.3 Å². The van der Waals surface area contributed by atoms with E-state index in [-0.39, 0.29) is 17.5 Å². The summed E-state index contributed by atoms with van der Waals surface area (Å²) in [5, 5.41) is 0. The number of hydrogen-bond donors (Lipinski definition) is 0. The minimum Gasteiger partial charge on any atom is -0.494 e. The lowest BCUT2D eigenvalue weighted by molar-refractivity contribution is -0.119. The molecule has 1 atom stereocenters. The molecule has 0 spiro atoms. The number of ether oxygens (including phenoxy) is 1. The van der Waals surface area contributed by atoms with Gasteiger partial charge in [0.2, 0.25) is 0 Å². The predicted octanol–water partition coefficient (Wildman–Crippen LogP) is 3.53. The Morgan fingerprint density at radius 1 is 1.39 bits per heavy atom. The number of Topliss-reactive ketones (excluding diaryl/α,β-unsaturated/α-hetero) is 1. The fraction of sp³-hybridized carbons (Fsp3) is 0.533. The third kappa shape index (κ3) is 3.09. The van der Waals surface area contributed by atoms with Crippen LogP contribution >= 0.6 is 0 Å². The number of rotatable bonds is 3. The first-order chi connectivity index (χ1) is 8.70. The fourth-order valence-corrected chi connectivity index (χ4v) is 2.64. The molecule has 1 saturated carbocycles. The van der Waals surface area contributed by atoms with Crippen molar-refractivity contribution in [1.29, 1.82) is 0 Å². The molecule has 1 aliphatic rings. The van der Waals surface area contributed by atoms with Crippen LogP contribution in [0.3, 0.4) is 0 Å². The highest BCUT2D eigenvalue weighted by molar-refractivity contribution is 5.78. The van der Waals surface area contributed by atoms with E-state index in [2.05, 4.69) is 0 Å². The third-order valence-corrected chi connectivity index (χ3v) is 3.61. The summed E-state index contributed by atoms with van der Waals surface area (Å²) in [4.78, 5) is 11.6. The zero-order valence-corrected chi connectivity index (χ0v) is 10.7. The van der Waals surface area contributed by atoms with Crippen molar-refractivity contribution < 1.29 is 13.9 Å². The molecule has 0 aliphatic heterocycles. The van der Waals surface area contributed by atoms with Crippen molar-refractivity contribution >= 4 is 5.78 Å². The van der Waals surface area contributed by atoms with Crippen LogP contribution in [0.2, 0.25) is 0 Å². The maximum Gasteiger partial charge on any atom is 0.168 e. The molecule has 2 nitrogen and oxygen atoms in total. The minimum absolute atomic E-state index is 0.279. The third-order valence-electron chi connectivity index (χ3n) is 3.61. The maximum atomic E-state index is 14.0. The number of benzene rings is 1. The largest absolute Gasteiger partial charge is 0.494 e. The molecule has 0 amide bonds. The Morgan fingerprint density at radius 3 is 3.00 bits per heavy atom. The zero-order valence-electron chi connectivity index (χ0n) is 10.7. The molecule has 2 rings (SSSR count). The number of ketones is 1. The van der Waals surface area contributed by atoms with Crippen molar-refractivity contribution in [3.05, 3.63) is 29.6 Å². The lowest BCUT2D eigenvalue weighted by Crippen LogP contribution is -2.09. The van der Waals surface area contributed by atoms with Crippen molar-refractivity contribution in [3.8, 4) is 5.75 Å². The summed E-state index contributed by atoms with van der Waals surface area (Å²) in [5.41, 5.74) is 0.661. The van der Waals surface area contributed by atoms with Gasteiger partial charge in [-0.05, 0) is 36.8 Å². The molecule has 18 heavy (non-hydrogen) atoms. The van der Waals surface area contributed by atoms with E-state index in [9.17, 15) is 9.18 Å². The van der Waals surface area contributed by atoms with Gasteiger partial charge in [0, 0.05) is 12.8 Å². The molecule has 0 N–H and O–H groups in total. The Morgan fingerprint density at radius 2 is 2.22 bits per heavy atom. The van der Waals surface area contributed by atoms with Crippen LogP contribution in [0.1, 0.15) is 37.7 Å². The number of halogens is 1. The second-order valence-corrected chi connectivity index (χ2v) is 4.99. The Labute approximate surface area is 107 Å². The lowest BCUT2D eigenvalue weighted by atomic mass is 9.92. The Kier molecular flexibility index (Phi) is 4.34. The molecule has 0 heterocycles. The molecule has 0 aromatic heterocycles. The molecule has 1 aromatic rings. The van der Waals surface area contributed by atoms with Gasteiger partial charge in [0.05, 0.1) is 7.11 Å². The zero-order chi connectivity index (χ0) is 13.0. The van der Waals surface area contributed by atoms with Gasteiger partial charge < -0.3 is 4.74 Å². The van der Waals surface area contributed by atoms with E-state index in [0.29, 0.717) is 30.6 Å². The van der Waals surface area contributed by atoms with Crippen LogP contribution in [0.15, 0.2) is 18.2 Å². The Bertz CT molecular complexity index is 429. The first kappa shape index (κ1) is 13.1. The summed E-state index contributed by atoms with van der Waals surface area (Å²) in [6.07, 6.45) is 4.99. The molecule has 1 aromatic carbocycles. The van der Waals surface area contributed by atoms with Crippen molar-refractivity contribution in [2.45, 2.75) is 38.5 Å². The van der Waals surface area contributed by atoms with Crippen molar-refractivity contribution in [1.82, 2.24) is 0 Å². The summed E-state index contributed by atoms with van der Waals surface area (Å²) in [6, 6.07) is 5.21. The van der Waals surface area contributed by atoms with Gasteiger partial charge in [0.25, 0.3) is 0 Å². The van der Waals surface area contributed by atoms with Crippen molar-refractivity contribution in [2.75, 3.05) is 7.11 Å². The molecular weight excluding hydrogens is 231 g/mol. The maximum absolute atomic E-state index is 14.0. The highest BCUT2D eigenvalue weighted by Gasteiger charge is 2.20. The monoisotopic (exact) mass is 250 g/mol. The van der Waals surface area contributed by atoms with E-state index >= 15 is 0 Å². The summed E-state index contributed by atoms with van der Waals surface area (Å²) >= 11 is 0. The van der Waals surface area contributed by atoms with E-state index < -0.39 is 0 Å². The van der Waals surface area contributed by atoms with Crippen molar-refractivity contribution in [3.63, 3.8) is 0 Å². The van der Waals surface area contributed by atoms with Gasteiger partial charge in [-0.15, -0.1) is 0 Å². The molecule has 98 valence electrons. The van der Waals surface area contributed by atoms with E-state index in [4.69, 9.17) is 4.74 Å². The van der Waals surface area contributed by atoms with Crippen LogP contribution in [-0.2, 0) is 11.2 Å². The Balaban J connectivity index is 2.10. The minimum atomic E-state index is -0.281. The van der Waals surface area contributed by atoms with E-state index in [1.54, 1.807) is 18.2 Å². The summed E-state index contributed by atoms with van der Waals surface area (Å²) in [5.74, 6) is 0.603. The number of hydrogen-bond acceptors (Lipinski definition) is 2. The summed E-state index contributed by atoms with van der Waals surface area (Å²) in [7, 11) is 1.47. The van der Waals surface area contributed by atoms with Crippen LogP contribution in [0.5, 0.6) is 5.75 Å². The molecule has 1 aliphatic carbocycles. The number of carbonyl (C=O) groups is 1. The first-order valence-electron chi connectivity index (χ1n) is 6.53. The van der Waals surface area contributed by atoms with E-state index in [1.807, 2.05) is 0 Å². The number of methoxy groups -OCH3 is 1. The van der Waals surface area contributed by atoms with Gasteiger partial charge in [-0.1, -0.05) is 18.6 Å². The topological polar surface area (TPSA) is 26.3 Å². The van der Waals surface area contributed by atoms with Crippen LogP contribution < -0.4 is 4.74 Å². The molecule has 0 radical (unpaired) electrons. The second-order valence-electron chi connectivity index (χ2n) is 4.99. The van der Waals surface area contributed by atoms with Gasteiger partial charge in [0.1, 0.15) is 5.78 Å². The molecule has 3 heteroatoms. The molecule has 0 bridgehead atoms. The normalized spacial score (nSPS) is 20.6. The summed E-state index contributed by atoms with van der Waals surface area (Å²) in [6.45, 7) is 0. The molecule has 0 saturated heterocycles. The molecular formula is C15H19FO2. The van der Waals surface area contributed by atoms with Gasteiger partial charge in [0.15, 0.2) is 11.6 Å². The van der Waals surface area contributed by atoms with Gasteiger partial charge in [-0.2, -0.15) is 0 Å². The average molecular weight is 250 g/mol.